The van der Waals surface area contributed by atoms with E-state index >= 15 is 0 Å². The number of likely N-dealkylation sites (N-methyl/N-ethyl adjacent to an activating group) is 1. The van der Waals surface area contributed by atoms with Crippen molar-refractivity contribution < 1.29 is 9.59 Å². The Morgan fingerprint density at radius 1 is 1.35 bits per heavy atom. The van der Waals surface area contributed by atoms with Crippen molar-refractivity contribution in [1.82, 2.24) is 9.80 Å². The number of carbonyl (C=O) groups excluding carboxylic acids is 2. The predicted molar refractivity (Wildman–Crippen MR) is 81.3 cm³/mol. The normalized spacial score (nSPS) is 18.3. The van der Waals surface area contributed by atoms with Crippen LogP contribution in [0.15, 0.2) is 22.7 Å². The number of nitrogens with zero attached hydrogens (tertiary/aromatic N) is 2. The van der Waals surface area contributed by atoms with Crippen molar-refractivity contribution >= 4 is 33.4 Å². The van der Waals surface area contributed by atoms with Gasteiger partial charge in [0.15, 0.2) is 0 Å². The Hall–Kier alpha value is -1.56. The molecule has 1 aliphatic heterocycles. The first-order chi connectivity index (χ1) is 9.25. The Bertz CT molecular complexity index is 572. The van der Waals surface area contributed by atoms with Crippen LogP contribution < -0.4 is 5.73 Å². The van der Waals surface area contributed by atoms with Gasteiger partial charge < -0.3 is 15.5 Å². The molecule has 0 bridgehead atoms. The summed E-state index contributed by atoms with van der Waals surface area (Å²) in [5, 5.41) is 0. The van der Waals surface area contributed by atoms with Crippen molar-refractivity contribution in [3.05, 3.63) is 28.2 Å². The number of anilines is 1. The van der Waals surface area contributed by atoms with E-state index in [1.165, 1.54) is 0 Å². The third-order valence-electron chi connectivity index (χ3n) is 3.69. The minimum atomic E-state index is -0.841. The Morgan fingerprint density at radius 3 is 2.60 bits per heavy atom. The maximum absolute atomic E-state index is 12.6. The lowest BCUT2D eigenvalue weighted by atomic mass is 9.96. The molecule has 0 aliphatic carbocycles. The van der Waals surface area contributed by atoms with Crippen LogP contribution in [0.25, 0.3) is 0 Å². The summed E-state index contributed by atoms with van der Waals surface area (Å²) in [6.07, 6.45) is 0. The van der Waals surface area contributed by atoms with Gasteiger partial charge in [-0.2, -0.15) is 0 Å². The van der Waals surface area contributed by atoms with E-state index in [1.807, 2.05) is 0 Å². The highest BCUT2D eigenvalue weighted by Crippen LogP contribution is 2.26. The second kappa shape index (κ2) is 5.09. The number of piperazine rings is 1. The molecule has 108 valence electrons. The van der Waals surface area contributed by atoms with Crippen LogP contribution in [0.2, 0.25) is 0 Å². The summed E-state index contributed by atoms with van der Waals surface area (Å²) in [5.41, 5.74) is 5.98. The zero-order valence-corrected chi connectivity index (χ0v) is 13.4. The molecule has 20 heavy (non-hydrogen) atoms. The summed E-state index contributed by atoms with van der Waals surface area (Å²) in [4.78, 5) is 28.1. The summed E-state index contributed by atoms with van der Waals surface area (Å²) in [6, 6.07) is 5.08. The van der Waals surface area contributed by atoms with Gasteiger partial charge >= 0.3 is 0 Å². The van der Waals surface area contributed by atoms with E-state index in [4.69, 9.17) is 5.73 Å². The minimum absolute atomic E-state index is 0.0535. The fourth-order valence-corrected chi connectivity index (χ4v) is 2.65. The molecule has 0 radical (unpaired) electrons. The molecule has 1 heterocycles. The van der Waals surface area contributed by atoms with Gasteiger partial charge in [-0.3, -0.25) is 9.59 Å². The average Bonchev–Trinajstić information content (AvgIpc) is 2.39. The standard InChI is InChI=1S/C14H18BrN3O2/c1-14(2)13(20)17(3)6-7-18(14)12(19)9-4-5-10(15)11(16)8-9/h4-5,8H,6-7,16H2,1-3H3. The molecule has 2 amide bonds. The molecule has 2 N–H and O–H groups in total. The van der Waals surface area contributed by atoms with Gasteiger partial charge in [0.1, 0.15) is 5.54 Å². The summed E-state index contributed by atoms with van der Waals surface area (Å²) >= 11 is 3.30. The second-order valence-electron chi connectivity index (χ2n) is 5.48. The van der Waals surface area contributed by atoms with Crippen LogP contribution in [0.5, 0.6) is 0 Å². The number of nitrogens with two attached hydrogens (primary N) is 1. The van der Waals surface area contributed by atoms with Gasteiger partial charge in [-0.1, -0.05) is 0 Å². The molecule has 1 aliphatic rings. The van der Waals surface area contributed by atoms with E-state index in [0.717, 1.165) is 4.47 Å². The number of hydrogen-bond donors (Lipinski definition) is 1. The molecule has 0 aromatic heterocycles. The Morgan fingerprint density at radius 2 is 2.00 bits per heavy atom. The zero-order valence-electron chi connectivity index (χ0n) is 11.8. The van der Waals surface area contributed by atoms with Crippen LogP contribution in [-0.2, 0) is 4.79 Å². The van der Waals surface area contributed by atoms with Gasteiger partial charge in [-0.05, 0) is 48.0 Å². The number of nitrogen functional groups attached to an aromatic ring is 1. The van der Waals surface area contributed by atoms with Crippen molar-refractivity contribution in [2.24, 2.45) is 0 Å². The lowest BCUT2D eigenvalue weighted by Gasteiger charge is -2.44. The molecule has 1 aromatic rings. The lowest BCUT2D eigenvalue weighted by Crippen LogP contribution is -2.63. The maximum atomic E-state index is 12.6. The van der Waals surface area contributed by atoms with Gasteiger partial charge in [0, 0.05) is 35.9 Å². The molecule has 2 rings (SSSR count). The predicted octanol–water partition coefficient (Wildman–Crippen LogP) is 1.72. The molecule has 0 atom stereocenters. The molecule has 0 spiro atoms. The van der Waals surface area contributed by atoms with Crippen molar-refractivity contribution in [3.63, 3.8) is 0 Å². The van der Waals surface area contributed by atoms with Gasteiger partial charge in [-0.15, -0.1) is 0 Å². The molecule has 1 aromatic carbocycles. The molecule has 1 saturated heterocycles. The molecular weight excluding hydrogens is 322 g/mol. The largest absolute Gasteiger partial charge is 0.398 e. The van der Waals surface area contributed by atoms with E-state index < -0.39 is 5.54 Å². The van der Waals surface area contributed by atoms with Gasteiger partial charge in [0.25, 0.3) is 5.91 Å². The van der Waals surface area contributed by atoms with Crippen LogP contribution >= 0.6 is 15.9 Å². The van der Waals surface area contributed by atoms with E-state index in [1.54, 1.807) is 48.9 Å². The number of rotatable bonds is 1. The maximum Gasteiger partial charge on any atom is 0.254 e. The topological polar surface area (TPSA) is 66.6 Å². The first-order valence-electron chi connectivity index (χ1n) is 6.37. The molecule has 0 unspecified atom stereocenters. The number of benzene rings is 1. The number of hydrogen-bond acceptors (Lipinski definition) is 3. The number of carbonyl (C=O) groups is 2. The van der Waals surface area contributed by atoms with Crippen molar-refractivity contribution in [3.8, 4) is 0 Å². The highest BCUT2D eigenvalue weighted by molar-refractivity contribution is 9.10. The van der Waals surface area contributed by atoms with E-state index in [0.29, 0.717) is 24.3 Å². The number of halogens is 1. The summed E-state index contributed by atoms with van der Waals surface area (Å²) < 4.78 is 0.753. The second-order valence-corrected chi connectivity index (χ2v) is 6.33. The van der Waals surface area contributed by atoms with Crippen LogP contribution in [0, 0.1) is 0 Å². The third kappa shape index (κ3) is 2.40. The van der Waals surface area contributed by atoms with E-state index in [-0.39, 0.29) is 11.8 Å². The summed E-state index contributed by atoms with van der Waals surface area (Å²) in [7, 11) is 1.75. The fourth-order valence-electron chi connectivity index (χ4n) is 2.40. The van der Waals surface area contributed by atoms with Crippen LogP contribution in [0.3, 0.4) is 0 Å². The van der Waals surface area contributed by atoms with Gasteiger partial charge in [-0.25, -0.2) is 0 Å². The fraction of sp³-hybridized carbons (Fsp3) is 0.429. The monoisotopic (exact) mass is 339 g/mol. The van der Waals surface area contributed by atoms with Crippen molar-refractivity contribution in [1.29, 1.82) is 0 Å². The smallest absolute Gasteiger partial charge is 0.254 e. The van der Waals surface area contributed by atoms with E-state index in [9.17, 15) is 9.59 Å². The third-order valence-corrected chi connectivity index (χ3v) is 4.41. The quantitative estimate of drug-likeness (QED) is 0.792. The Balaban J connectivity index is 2.33. The first-order valence-corrected chi connectivity index (χ1v) is 7.17. The zero-order chi connectivity index (χ0) is 15.1. The number of amides is 2. The first kappa shape index (κ1) is 14.8. The molecule has 5 nitrogen and oxygen atoms in total. The highest BCUT2D eigenvalue weighted by atomic mass is 79.9. The molecule has 0 saturated carbocycles. The summed E-state index contributed by atoms with van der Waals surface area (Å²) in [6.45, 7) is 4.60. The summed E-state index contributed by atoms with van der Waals surface area (Å²) in [5.74, 6) is -0.224. The lowest BCUT2D eigenvalue weighted by molar-refractivity contribution is -0.144. The average molecular weight is 340 g/mol. The molecule has 1 fully saturated rings. The van der Waals surface area contributed by atoms with Crippen molar-refractivity contribution in [2.75, 3.05) is 25.9 Å². The van der Waals surface area contributed by atoms with Crippen LogP contribution in [0.1, 0.15) is 24.2 Å². The van der Waals surface area contributed by atoms with E-state index in [2.05, 4.69) is 15.9 Å². The highest BCUT2D eigenvalue weighted by Gasteiger charge is 2.43. The van der Waals surface area contributed by atoms with Gasteiger partial charge in [0.05, 0.1) is 0 Å². The molecule has 6 heteroatoms. The molecular formula is C14H18BrN3O2. The Kier molecular flexibility index (Phi) is 3.77. The van der Waals surface area contributed by atoms with Crippen LogP contribution in [0.4, 0.5) is 5.69 Å². The SMILES string of the molecule is CN1CCN(C(=O)c2ccc(Br)c(N)c2)C(C)(C)C1=O. The minimum Gasteiger partial charge on any atom is -0.398 e. The Labute approximate surface area is 126 Å². The van der Waals surface area contributed by atoms with Gasteiger partial charge in [0.2, 0.25) is 5.91 Å². The van der Waals surface area contributed by atoms with Crippen molar-refractivity contribution in [2.45, 2.75) is 19.4 Å². The van der Waals surface area contributed by atoms with Crippen LogP contribution in [-0.4, -0.2) is 47.3 Å².